The molecule has 0 amide bonds. The lowest BCUT2D eigenvalue weighted by atomic mass is 10.1. The first-order valence-corrected chi connectivity index (χ1v) is 9.10. The zero-order chi connectivity index (χ0) is 19.7. The molecule has 1 aliphatic heterocycles. The third-order valence-electron chi connectivity index (χ3n) is 4.61. The number of benzene rings is 3. The summed E-state index contributed by atoms with van der Waals surface area (Å²) >= 11 is 0. The van der Waals surface area contributed by atoms with E-state index in [4.69, 9.17) is 19.5 Å². The van der Waals surface area contributed by atoms with Crippen LogP contribution in [0.15, 0.2) is 65.8 Å². The number of fused-ring (bicyclic) bond motifs is 4. The van der Waals surface area contributed by atoms with Gasteiger partial charge in [0.1, 0.15) is 17.7 Å². The standard InChI is InChI=1S/C22H21BN2O3/c1-14-12-21-22(18-7-5-4-6-17(14)18)24-19-9-8-16(13-20(19)27-21)25(3)10-11-26-28-15(2)23/h4-9,12-13H,1-2,10-11,23H2,3H3. The van der Waals surface area contributed by atoms with Gasteiger partial charge in [-0.05, 0) is 28.8 Å². The minimum Gasteiger partial charge on any atom is -0.453 e. The van der Waals surface area contributed by atoms with Crippen LogP contribution < -0.4 is 20.2 Å². The van der Waals surface area contributed by atoms with Gasteiger partial charge >= 0.3 is 0 Å². The van der Waals surface area contributed by atoms with Crippen LogP contribution in [0.5, 0.6) is 11.5 Å². The van der Waals surface area contributed by atoms with Crippen molar-refractivity contribution >= 4 is 36.6 Å². The molecule has 0 saturated heterocycles. The Balaban J connectivity index is 1.63. The lowest BCUT2D eigenvalue weighted by Crippen LogP contribution is -2.23. The summed E-state index contributed by atoms with van der Waals surface area (Å²) in [6.07, 6.45) is 0. The number of ether oxygens (including phenoxy) is 1. The van der Waals surface area contributed by atoms with E-state index < -0.39 is 0 Å². The minimum absolute atomic E-state index is 0.422. The SMILES string of the molecule is BC(=C)OOCCN(C)c1ccc2c(c1)Oc1cc(=C)c3ccccc3c1=N2. The van der Waals surface area contributed by atoms with Gasteiger partial charge in [-0.3, -0.25) is 0 Å². The van der Waals surface area contributed by atoms with Gasteiger partial charge in [-0.15, -0.1) is 0 Å². The van der Waals surface area contributed by atoms with Crippen LogP contribution >= 0.6 is 0 Å². The molecule has 140 valence electrons. The molecule has 0 aliphatic carbocycles. The molecule has 3 aromatic carbocycles. The van der Waals surface area contributed by atoms with E-state index in [0.717, 1.165) is 44.2 Å². The van der Waals surface area contributed by atoms with Crippen molar-refractivity contribution in [3.05, 3.63) is 71.3 Å². The van der Waals surface area contributed by atoms with Gasteiger partial charge in [-0.25, -0.2) is 4.99 Å². The van der Waals surface area contributed by atoms with Crippen LogP contribution in [0.3, 0.4) is 0 Å². The Bertz CT molecular complexity index is 1180. The van der Waals surface area contributed by atoms with E-state index in [0.29, 0.717) is 18.8 Å². The molecule has 0 N–H and O–H groups in total. The van der Waals surface area contributed by atoms with Crippen LogP contribution in [-0.4, -0.2) is 28.0 Å². The van der Waals surface area contributed by atoms with Crippen molar-refractivity contribution in [1.82, 2.24) is 0 Å². The lowest BCUT2D eigenvalue weighted by molar-refractivity contribution is -0.251. The maximum Gasteiger partial charge on any atom is 0.190 e. The number of rotatable bonds is 6. The second-order valence-corrected chi connectivity index (χ2v) is 6.82. The monoisotopic (exact) mass is 372 g/mol. The first-order valence-electron chi connectivity index (χ1n) is 9.10. The van der Waals surface area contributed by atoms with Crippen molar-refractivity contribution in [3.63, 3.8) is 0 Å². The summed E-state index contributed by atoms with van der Waals surface area (Å²) in [5.41, 5.74) is 2.35. The quantitative estimate of drug-likeness (QED) is 0.172. The van der Waals surface area contributed by atoms with Crippen LogP contribution in [0, 0.1) is 0 Å². The van der Waals surface area contributed by atoms with Crippen molar-refractivity contribution in [2.24, 2.45) is 4.99 Å². The molecule has 0 saturated carbocycles. The fraction of sp³-hybridized carbons (Fsp3) is 0.136. The van der Waals surface area contributed by atoms with Crippen molar-refractivity contribution in [1.29, 1.82) is 0 Å². The number of anilines is 1. The summed E-state index contributed by atoms with van der Waals surface area (Å²) in [6.45, 7) is 8.86. The Hall–Kier alpha value is -3.25. The zero-order valence-corrected chi connectivity index (χ0v) is 16.1. The van der Waals surface area contributed by atoms with Crippen molar-refractivity contribution in [3.8, 4) is 11.5 Å². The Labute approximate surface area is 164 Å². The molecule has 0 bridgehead atoms. The first-order chi connectivity index (χ1) is 13.5. The highest BCUT2D eigenvalue weighted by Gasteiger charge is 2.16. The smallest absolute Gasteiger partial charge is 0.190 e. The average Bonchev–Trinajstić information content (AvgIpc) is 2.69. The largest absolute Gasteiger partial charge is 0.453 e. The molecular weight excluding hydrogens is 351 g/mol. The van der Waals surface area contributed by atoms with Crippen LogP contribution in [0.4, 0.5) is 11.4 Å². The molecule has 28 heavy (non-hydrogen) atoms. The molecule has 0 atom stereocenters. The second-order valence-electron chi connectivity index (χ2n) is 6.82. The molecule has 5 nitrogen and oxygen atoms in total. The van der Waals surface area contributed by atoms with E-state index in [9.17, 15) is 0 Å². The van der Waals surface area contributed by atoms with Crippen LogP contribution in [0.2, 0.25) is 0 Å². The Kier molecular flexibility index (Phi) is 4.80. The Morgan fingerprint density at radius 2 is 1.93 bits per heavy atom. The summed E-state index contributed by atoms with van der Waals surface area (Å²) in [4.78, 5) is 17.0. The van der Waals surface area contributed by atoms with E-state index in [1.54, 1.807) is 7.85 Å². The van der Waals surface area contributed by atoms with Crippen molar-refractivity contribution < 1.29 is 14.5 Å². The molecule has 0 spiro atoms. The predicted molar refractivity (Wildman–Crippen MR) is 114 cm³/mol. The third kappa shape index (κ3) is 3.46. The zero-order valence-electron chi connectivity index (χ0n) is 16.1. The van der Waals surface area contributed by atoms with Gasteiger partial charge in [-0.2, -0.15) is 4.89 Å². The molecule has 3 aromatic rings. The van der Waals surface area contributed by atoms with E-state index in [1.807, 2.05) is 43.4 Å². The third-order valence-corrected chi connectivity index (χ3v) is 4.61. The molecule has 1 heterocycles. The normalized spacial score (nSPS) is 11.8. The van der Waals surface area contributed by atoms with E-state index in [-0.39, 0.29) is 0 Å². The van der Waals surface area contributed by atoms with E-state index >= 15 is 0 Å². The van der Waals surface area contributed by atoms with Gasteiger partial charge < -0.3 is 14.5 Å². The van der Waals surface area contributed by atoms with Gasteiger partial charge in [0.25, 0.3) is 0 Å². The average molecular weight is 372 g/mol. The molecule has 6 heteroatoms. The van der Waals surface area contributed by atoms with Gasteiger partial charge in [0.2, 0.25) is 0 Å². The fourth-order valence-corrected chi connectivity index (χ4v) is 3.20. The molecule has 0 unspecified atom stereocenters. The summed E-state index contributed by atoms with van der Waals surface area (Å²) in [5, 5.41) is 3.91. The van der Waals surface area contributed by atoms with Crippen LogP contribution in [0.1, 0.15) is 0 Å². The molecule has 0 fully saturated rings. The molecular formula is C22H21BN2O3. The van der Waals surface area contributed by atoms with Gasteiger partial charge in [0.05, 0.1) is 5.66 Å². The van der Waals surface area contributed by atoms with E-state index in [2.05, 4.69) is 30.2 Å². The highest BCUT2D eigenvalue weighted by Crippen LogP contribution is 2.37. The highest BCUT2D eigenvalue weighted by atomic mass is 17.2. The Morgan fingerprint density at radius 3 is 2.71 bits per heavy atom. The van der Waals surface area contributed by atoms with Crippen molar-refractivity contribution in [2.45, 2.75) is 0 Å². The topological polar surface area (TPSA) is 43.3 Å². The molecule has 0 aromatic heterocycles. The minimum atomic E-state index is 0.422. The number of nitrogens with zero attached hydrogens (tertiary/aromatic N) is 2. The molecule has 1 aliphatic rings. The van der Waals surface area contributed by atoms with Crippen molar-refractivity contribution in [2.75, 3.05) is 25.1 Å². The first kappa shape index (κ1) is 18.1. The van der Waals surface area contributed by atoms with E-state index in [1.165, 1.54) is 0 Å². The number of likely N-dealkylation sites (N-methyl/N-ethyl adjacent to an activating group) is 1. The maximum atomic E-state index is 6.19. The maximum absolute atomic E-state index is 6.19. The molecule has 4 rings (SSSR count). The fourth-order valence-electron chi connectivity index (χ4n) is 3.20. The number of hydrogen-bond donors (Lipinski definition) is 0. The van der Waals surface area contributed by atoms with Crippen LogP contribution in [-0.2, 0) is 9.78 Å². The lowest BCUT2D eigenvalue weighted by Gasteiger charge is -2.22. The highest BCUT2D eigenvalue weighted by molar-refractivity contribution is 6.19. The number of hydrogen-bond acceptors (Lipinski definition) is 5. The second kappa shape index (κ2) is 7.41. The summed E-state index contributed by atoms with van der Waals surface area (Å²) in [5.74, 6) is 1.46. The van der Waals surface area contributed by atoms with Gasteiger partial charge in [0.15, 0.2) is 19.3 Å². The predicted octanol–water partition coefficient (Wildman–Crippen LogP) is 2.80. The van der Waals surface area contributed by atoms with Crippen LogP contribution in [0.25, 0.3) is 17.4 Å². The molecule has 0 radical (unpaired) electrons. The summed E-state index contributed by atoms with van der Waals surface area (Å²) in [7, 11) is 3.73. The summed E-state index contributed by atoms with van der Waals surface area (Å²) < 4.78 is 6.19. The Morgan fingerprint density at radius 1 is 1.14 bits per heavy atom. The van der Waals surface area contributed by atoms with Gasteiger partial charge in [-0.1, -0.05) is 37.4 Å². The summed E-state index contributed by atoms with van der Waals surface area (Å²) in [6, 6.07) is 16.1. The van der Waals surface area contributed by atoms with Gasteiger partial charge in [0, 0.05) is 30.7 Å².